The molecular weight excluding hydrogens is 468 g/mol. The van der Waals surface area contributed by atoms with Crippen molar-refractivity contribution in [3.05, 3.63) is 118 Å². The number of likely N-dealkylation sites (tertiary alicyclic amines) is 1. The Hall–Kier alpha value is -3.84. The van der Waals surface area contributed by atoms with E-state index in [0.29, 0.717) is 6.61 Å². The van der Waals surface area contributed by atoms with Gasteiger partial charge in [0.1, 0.15) is 16.6 Å². The molecule has 0 saturated carbocycles. The number of carbonyl (C=O) groups excluding carboxylic acids is 1. The van der Waals surface area contributed by atoms with Crippen LogP contribution in [0.15, 0.2) is 84.6 Å². The number of benzene rings is 3. The molecule has 0 spiro atoms. The molecule has 190 valence electrons. The maximum atomic E-state index is 15.3. The predicted molar refractivity (Wildman–Crippen MR) is 147 cm³/mol. The average molecular weight is 501 g/mol. The second-order valence-corrected chi connectivity index (χ2v) is 11.3. The maximum Gasteiger partial charge on any atom is 0.242 e. The van der Waals surface area contributed by atoms with Gasteiger partial charge in [-0.1, -0.05) is 79.7 Å². The van der Waals surface area contributed by atoms with E-state index in [-0.39, 0.29) is 23.8 Å². The Labute approximate surface area is 224 Å². The van der Waals surface area contributed by atoms with E-state index in [4.69, 9.17) is 4.74 Å². The van der Waals surface area contributed by atoms with Gasteiger partial charge in [0.15, 0.2) is 0 Å². The first-order valence-corrected chi connectivity index (χ1v) is 14.0. The number of allylic oxidation sites excluding steroid dienone is 1. The van der Waals surface area contributed by atoms with Gasteiger partial charge < -0.3 is 9.64 Å². The van der Waals surface area contributed by atoms with Crippen LogP contribution in [0.25, 0.3) is 0 Å². The number of amides is 1. The summed E-state index contributed by atoms with van der Waals surface area (Å²) >= 11 is 0. The molecular formula is C34H32N2O2. The van der Waals surface area contributed by atoms with Gasteiger partial charge in [0.05, 0.1) is 12.7 Å². The smallest absolute Gasteiger partial charge is 0.242 e. The van der Waals surface area contributed by atoms with Crippen molar-refractivity contribution in [1.29, 1.82) is 5.26 Å². The van der Waals surface area contributed by atoms with Crippen molar-refractivity contribution < 1.29 is 9.53 Å². The van der Waals surface area contributed by atoms with Gasteiger partial charge in [-0.05, 0) is 65.6 Å². The van der Waals surface area contributed by atoms with Crippen LogP contribution >= 0.6 is 0 Å². The van der Waals surface area contributed by atoms with E-state index in [1.54, 1.807) is 0 Å². The summed E-state index contributed by atoms with van der Waals surface area (Å²) in [5.74, 6) is 0.260. The Morgan fingerprint density at radius 1 is 0.974 bits per heavy atom. The Morgan fingerprint density at radius 2 is 1.58 bits per heavy atom. The largest absolute Gasteiger partial charge is 0.497 e. The van der Waals surface area contributed by atoms with E-state index in [9.17, 15) is 5.26 Å². The summed E-state index contributed by atoms with van der Waals surface area (Å²) in [5.41, 5.74) is 4.26. The fourth-order valence-electron chi connectivity index (χ4n) is 7.99. The van der Waals surface area contributed by atoms with Crippen LogP contribution < -0.4 is 0 Å². The van der Waals surface area contributed by atoms with Crippen molar-refractivity contribution in [2.45, 2.75) is 61.8 Å². The van der Waals surface area contributed by atoms with E-state index in [1.165, 1.54) is 0 Å². The number of nitriles is 1. The minimum absolute atomic E-state index is 0.122. The molecule has 3 aromatic rings. The first-order valence-electron chi connectivity index (χ1n) is 14.0. The van der Waals surface area contributed by atoms with Gasteiger partial charge in [-0.15, -0.1) is 0 Å². The third-order valence-corrected chi connectivity index (χ3v) is 9.51. The third-order valence-electron chi connectivity index (χ3n) is 9.51. The van der Waals surface area contributed by atoms with Gasteiger partial charge in [0.2, 0.25) is 5.91 Å². The Bertz CT molecular complexity index is 1480. The van der Waals surface area contributed by atoms with Crippen LogP contribution in [0.4, 0.5) is 0 Å². The molecule has 1 fully saturated rings. The molecule has 5 aliphatic rings. The molecule has 4 bridgehead atoms. The number of rotatable bonds is 4. The topological polar surface area (TPSA) is 53.3 Å². The average Bonchev–Trinajstić information content (AvgIpc) is 3.38. The Morgan fingerprint density at radius 3 is 2.16 bits per heavy atom. The maximum absolute atomic E-state index is 15.3. The molecule has 4 nitrogen and oxygen atoms in total. The Balaban J connectivity index is 1.67. The molecule has 4 heteroatoms. The Kier molecular flexibility index (Phi) is 5.11. The lowest BCUT2D eigenvalue weighted by molar-refractivity contribution is -0.139. The fourth-order valence-corrected chi connectivity index (χ4v) is 7.99. The predicted octanol–water partition coefficient (Wildman–Crippen LogP) is 6.31. The van der Waals surface area contributed by atoms with E-state index >= 15 is 4.79 Å². The van der Waals surface area contributed by atoms with E-state index < -0.39 is 10.8 Å². The van der Waals surface area contributed by atoms with Crippen molar-refractivity contribution in [1.82, 2.24) is 4.90 Å². The summed E-state index contributed by atoms with van der Waals surface area (Å²) in [6, 6.07) is 28.0. The van der Waals surface area contributed by atoms with Gasteiger partial charge in [-0.2, -0.15) is 5.26 Å². The van der Waals surface area contributed by atoms with Crippen LogP contribution in [0.5, 0.6) is 0 Å². The lowest BCUT2D eigenvalue weighted by Crippen LogP contribution is -2.59. The van der Waals surface area contributed by atoms with Gasteiger partial charge in [0, 0.05) is 24.4 Å². The van der Waals surface area contributed by atoms with Crippen LogP contribution in [0, 0.1) is 11.3 Å². The third kappa shape index (κ3) is 2.67. The number of hydrogen-bond acceptors (Lipinski definition) is 3. The van der Waals surface area contributed by atoms with Crippen molar-refractivity contribution >= 4 is 5.91 Å². The zero-order valence-electron chi connectivity index (χ0n) is 22.0. The van der Waals surface area contributed by atoms with Crippen LogP contribution in [0.2, 0.25) is 0 Å². The molecule has 1 amide bonds. The number of carbonyl (C=O) groups is 1. The number of ether oxygens (including phenoxy) is 1. The molecule has 0 radical (unpaired) electrons. The van der Waals surface area contributed by atoms with Gasteiger partial charge in [-0.25, -0.2) is 0 Å². The fraction of sp³-hybridized carbons (Fsp3) is 0.353. The lowest BCUT2D eigenvalue weighted by atomic mass is 9.45. The molecule has 1 heterocycles. The van der Waals surface area contributed by atoms with Crippen molar-refractivity contribution in [2.75, 3.05) is 13.2 Å². The van der Waals surface area contributed by atoms with Crippen molar-refractivity contribution in [3.8, 4) is 6.07 Å². The van der Waals surface area contributed by atoms with Gasteiger partial charge >= 0.3 is 0 Å². The van der Waals surface area contributed by atoms with Crippen molar-refractivity contribution in [3.63, 3.8) is 0 Å². The van der Waals surface area contributed by atoms with E-state index in [2.05, 4.69) is 79.4 Å². The molecule has 4 aliphatic carbocycles. The summed E-state index contributed by atoms with van der Waals surface area (Å²) in [6.45, 7) is 5.55. The lowest BCUT2D eigenvalue weighted by Gasteiger charge is -2.56. The SMILES string of the molecule is CCCOC1=C[C@H]2c3ccccc3[C@]1(C(=O)N1CCC[C@H]1C)C1c3ccccc3C2(C#N)c2ccccc21. The first-order chi connectivity index (χ1) is 18.6. The zero-order chi connectivity index (χ0) is 26.1. The highest BCUT2D eigenvalue weighted by molar-refractivity contribution is 5.97. The summed E-state index contributed by atoms with van der Waals surface area (Å²) in [5, 5.41) is 11.2. The second-order valence-electron chi connectivity index (χ2n) is 11.3. The minimum atomic E-state index is -1.05. The zero-order valence-corrected chi connectivity index (χ0v) is 22.0. The highest BCUT2D eigenvalue weighted by Gasteiger charge is 2.66. The quantitative estimate of drug-likeness (QED) is 0.422. The van der Waals surface area contributed by atoms with Crippen LogP contribution in [0.3, 0.4) is 0 Å². The molecule has 8 rings (SSSR count). The first kappa shape index (κ1) is 23.3. The van der Waals surface area contributed by atoms with Crippen LogP contribution in [-0.2, 0) is 20.4 Å². The highest BCUT2D eigenvalue weighted by atomic mass is 16.5. The summed E-state index contributed by atoms with van der Waals surface area (Å²) in [7, 11) is 0. The molecule has 3 aromatic carbocycles. The molecule has 0 aromatic heterocycles. The standard InChI is InChI=1S/C34H32N2O2/c1-3-19-38-30-20-29-23-12-4-9-17-28(23)34(30,32(37)36-18-10-11-22(36)2)31-24-13-5-7-15-26(24)33(29,21-35)27-16-8-6-14-25(27)31/h4-9,12-17,20,22,29,31H,3,10-11,18-19H2,1-2H3/t22-,29+,31?,33?,34-/m1/s1. The van der Waals surface area contributed by atoms with Crippen LogP contribution in [0.1, 0.15) is 78.3 Å². The summed E-state index contributed by atoms with van der Waals surface area (Å²) in [6.07, 6.45) is 5.02. The van der Waals surface area contributed by atoms with Gasteiger partial charge in [0.25, 0.3) is 0 Å². The summed E-state index contributed by atoms with van der Waals surface area (Å²) < 4.78 is 6.65. The molecule has 1 aliphatic heterocycles. The molecule has 38 heavy (non-hydrogen) atoms. The molecule has 0 N–H and O–H groups in total. The molecule has 3 atom stereocenters. The minimum Gasteiger partial charge on any atom is -0.497 e. The molecule has 1 saturated heterocycles. The van der Waals surface area contributed by atoms with E-state index in [1.807, 2.05) is 24.3 Å². The monoisotopic (exact) mass is 500 g/mol. The molecule has 0 unspecified atom stereocenters. The van der Waals surface area contributed by atoms with Crippen molar-refractivity contribution in [2.24, 2.45) is 0 Å². The van der Waals surface area contributed by atoms with E-state index in [0.717, 1.165) is 64.9 Å². The highest BCUT2D eigenvalue weighted by Crippen LogP contribution is 2.66. The van der Waals surface area contributed by atoms with Gasteiger partial charge in [-0.3, -0.25) is 4.79 Å². The van der Waals surface area contributed by atoms with Crippen LogP contribution in [-0.4, -0.2) is 30.0 Å². The number of nitrogens with zero attached hydrogens (tertiary/aromatic N) is 2. The second kappa shape index (κ2) is 8.33. The normalized spacial score (nSPS) is 29.9. The summed E-state index contributed by atoms with van der Waals surface area (Å²) in [4.78, 5) is 17.4. The number of hydrogen-bond donors (Lipinski definition) is 0.